The fourth-order valence-corrected chi connectivity index (χ4v) is 6.48. The number of halogens is 3. The van der Waals surface area contributed by atoms with Gasteiger partial charge in [-0.3, -0.25) is 14.4 Å². The molecule has 44 heavy (non-hydrogen) atoms. The summed E-state index contributed by atoms with van der Waals surface area (Å²) < 4.78 is 51.6. The van der Waals surface area contributed by atoms with Crippen molar-refractivity contribution in [2.75, 3.05) is 51.5 Å². The van der Waals surface area contributed by atoms with E-state index in [-0.39, 0.29) is 52.0 Å². The van der Waals surface area contributed by atoms with Crippen LogP contribution >= 0.6 is 0 Å². The van der Waals surface area contributed by atoms with Crippen molar-refractivity contribution in [2.24, 2.45) is 11.3 Å². The topological polar surface area (TPSA) is 86.6 Å². The Labute approximate surface area is 254 Å². The fourth-order valence-electron chi connectivity index (χ4n) is 6.48. The van der Waals surface area contributed by atoms with Crippen LogP contribution in [0.25, 0.3) is 32.9 Å². The van der Waals surface area contributed by atoms with Crippen molar-refractivity contribution in [3.05, 3.63) is 47.7 Å². The number of pyridine rings is 1. The predicted octanol–water partition coefficient (Wildman–Crippen LogP) is 5.61. The Kier molecular flexibility index (Phi) is 8.22. The first-order valence-corrected chi connectivity index (χ1v) is 14.9. The van der Waals surface area contributed by atoms with E-state index in [9.17, 15) is 13.9 Å². The van der Waals surface area contributed by atoms with E-state index in [1.807, 2.05) is 19.0 Å². The van der Waals surface area contributed by atoms with Crippen molar-refractivity contribution >= 4 is 27.5 Å². The summed E-state index contributed by atoms with van der Waals surface area (Å²) in [5.74, 6) is 0.981. The highest BCUT2D eigenvalue weighted by Gasteiger charge is 2.40. The van der Waals surface area contributed by atoms with Gasteiger partial charge in [0, 0.05) is 42.2 Å². The van der Waals surface area contributed by atoms with Gasteiger partial charge in [-0.05, 0) is 62.4 Å². The SMILES string of the molecule is C#Cc1c(F)ccc2cc(O)cc(-c3ncc4c(N5CCCCCN5)nc(OCC5(C)CN(C)CCC5CF)nc4c3F)c12. The standard InChI is InChI=1S/C33H35F3N6O2/c1-4-23-26(35)9-8-20-14-22(43)15-24(27(20)23)29-28(36)30-25(17-37-29)31(42-12-7-5-6-11-38-42)40-32(39-30)44-19-33(2)18-41(3)13-10-21(33)16-34/h1,8-9,14-15,17,21,38,43H,5-7,10-13,16,18-19H2,2-3H3. The van der Waals surface area contributed by atoms with Crippen LogP contribution < -0.4 is 15.2 Å². The number of likely N-dealkylation sites (tertiary alicyclic amines) is 1. The number of phenols is 1. The molecule has 0 radical (unpaired) electrons. The molecular weight excluding hydrogens is 569 g/mol. The Morgan fingerprint density at radius 1 is 1.18 bits per heavy atom. The maximum absolute atomic E-state index is 16.7. The van der Waals surface area contributed by atoms with E-state index >= 15 is 4.39 Å². The molecule has 2 aromatic heterocycles. The van der Waals surface area contributed by atoms with E-state index in [0.717, 1.165) is 25.8 Å². The molecule has 230 valence electrons. The van der Waals surface area contributed by atoms with Crippen LogP contribution in [-0.2, 0) is 0 Å². The highest BCUT2D eigenvalue weighted by molar-refractivity contribution is 6.03. The average molecular weight is 605 g/mol. The lowest BCUT2D eigenvalue weighted by molar-refractivity contribution is 0.000320. The number of rotatable bonds is 6. The largest absolute Gasteiger partial charge is 0.508 e. The van der Waals surface area contributed by atoms with Gasteiger partial charge in [-0.2, -0.15) is 9.97 Å². The molecular formula is C33H35F3N6O2. The normalized spacial score (nSPS) is 21.4. The summed E-state index contributed by atoms with van der Waals surface area (Å²) in [7, 11) is 1.99. The summed E-state index contributed by atoms with van der Waals surface area (Å²) in [6.45, 7) is 4.46. The molecule has 2 aromatic carbocycles. The maximum Gasteiger partial charge on any atom is 0.319 e. The fraction of sp³-hybridized carbons (Fsp3) is 0.424. The highest BCUT2D eigenvalue weighted by Crippen LogP contribution is 2.40. The molecule has 11 heteroatoms. The first-order valence-electron chi connectivity index (χ1n) is 14.9. The number of anilines is 1. The summed E-state index contributed by atoms with van der Waals surface area (Å²) in [6, 6.07) is 5.38. The smallest absolute Gasteiger partial charge is 0.319 e. The number of aromatic nitrogens is 3. The second-order valence-electron chi connectivity index (χ2n) is 12.1. The quantitative estimate of drug-likeness (QED) is 0.275. The zero-order chi connectivity index (χ0) is 31.0. The monoisotopic (exact) mass is 604 g/mol. The Balaban J connectivity index is 1.50. The third-order valence-corrected chi connectivity index (χ3v) is 8.90. The molecule has 0 spiro atoms. The zero-order valence-corrected chi connectivity index (χ0v) is 24.8. The minimum absolute atomic E-state index is 0.0437. The molecule has 2 aliphatic rings. The minimum atomic E-state index is -0.796. The zero-order valence-electron chi connectivity index (χ0n) is 24.8. The molecule has 0 amide bonds. The number of nitrogens with zero attached hydrogens (tertiary/aromatic N) is 5. The number of alkyl halides is 1. The Morgan fingerprint density at radius 3 is 2.82 bits per heavy atom. The molecule has 2 aliphatic heterocycles. The van der Waals surface area contributed by atoms with Gasteiger partial charge in [-0.15, -0.1) is 6.42 Å². The molecule has 6 rings (SSSR count). The lowest BCUT2D eigenvalue weighted by Gasteiger charge is -2.43. The summed E-state index contributed by atoms with van der Waals surface area (Å²) in [4.78, 5) is 15.8. The number of benzene rings is 2. The van der Waals surface area contributed by atoms with Crippen molar-refractivity contribution in [2.45, 2.75) is 32.6 Å². The molecule has 2 atom stereocenters. The van der Waals surface area contributed by atoms with E-state index in [1.165, 1.54) is 30.5 Å². The van der Waals surface area contributed by atoms with Crippen LogP contribution in [0.1, 0.15) is 38.2 Å². The Bertz CT molecular complexity index is 1750. The highest BCUT2D eigenvalue weighted by atomic mass is 19.1. The Morgan fingerprint density at radius 2 is 2.02 bits per heavy atom. The average Bonchev–Trinajstić information content (AvgIpc) is 3.30. The van der Waals surface area contributed by atoms with E-state index in [0.29, 0.717) is 42.6 Å². The third-order valence-electron chi connectivity index (χ3n) is 8.90. The first-order chi connectivity index (χ1) is 21.2. The Hall–Kier alpha value is -4.14. The summed E-state index contributed by atoms with van der Waals surface area (Å²) in [6.07, 6.45) is 10.7. The van der Waals surface area contributed by atoms with Crippen molar-refractivity contribution in [3.8, 4) is 35.4 Å². The molecule has 2 saturated heterocycles. The molecule has 8 nitrogen and oxygen atoms in total. The summed E-state index contributed by atoms with van der Waals surface area (Å²) in [5, 5.41) is 13.4. The van der Waals surface area contributed by atoms with Gasteiger partial charge >= 0.3 is 6.01 Å². The number of hydrogen-bond donors (Lipinski definition) is 2. The van der Waals surface area contributed by atoms with Crippen molar-refractivity contribution in [1.82, 2.24) is 25.3 Å². The molecule has 0 saturated carbocycles. The van der Waals surface area contributed by atoms with Crippen LogP contribution in [0.2, 0.25) is 0 Å². The van der Waals surface area contributed by atoms with E-state index in [2.05, 4.69) is 26.2 Å². The van der Waals surface area contributed by atoms with Crippen LogP contribution in [0.5, 0.6) is 11.8 Å². The molecule has 2 N–H and O–H groups in total. The summed E-state index contributed by atoms with van der Waals surface area (Å²) >= 11 is 0. The van der Waals surface area contributed by atoms with Crippen LogP contribution in [0.4, 0.5) is 19.0 Å². The number of ether oxygens (including phenoxy) is 1. The van der Waals surface area contributed by atoms with Gasteiger partial charge in [-0.1, -0.05) is 25.3 Å². The van der Waals surface area contributed by atoms with E-state index in [1.54, 1.807) is 0 Å². The van der Waals surface area contributed by atoms with Gasteiger partial charge < -0.3 is 14.7 Å². The lowest BCUT2D eigenvalue weighted by Crippen LogP contribution is -2.49. The molecule has 0 bridgehead atoms. The second-order valence-corrected chi connectivity index (χ2v) is 12.1. The lowest BCUT2D eigenvalue weighted by atomic mass is 9.73. The van der Waals surface area contributed by atoms with Gasteiger partial charge in [0.25, 0.3) is 0 Å². The number of hydrazine groups is 1. The van der Waals surface area contributed by atoms with Crippen LogP contribution in [0.15, 0.2) is 30.5 Å². The molecule has 4 heterocycles. The van der Waals surface area contributed by atoms with Gasteiger partial charge in [0.15, 0.2) is 11.6 Å². The predicted molar refractivity (Wildman–Crippen MR) is 164 cm³/mol. The number of aromatic hydroxyl groups is 1. The second kappa shape index (κ2) is 12.1. The number of fused-ring (bicyclic) bond motifs is 2. The number of piperidine rings is 1. The number of terminal acetylenes is 1. The van der Waals surface area contributed by atoms with Crippen LogP contribution in [-0.4, -0.2) is 71.5 Å². The van der Waals surface area contributed by atoms with E-state index < -0.39 is 23.7 Å². The van der Waals surface area contributed by atoms with Gasteiger partial charge in [0.05, 0.1) is 24.2 Å². The first kappa shape index (κ1) is 29.9. The summed E-state index contributed by atoms with van der Waals surface area (Å²) in [5.41, 5.74) is 2.72. The maximum atomic E-state index is 16.7. The molecule has 2 fully saturated rings. The van der Waals surface area contributed by atoms with Gasteiger partial charge in [0.1, 0.15) is 22.8 Å². The number of phenolic OH excluding ortho intramolecular Hbond substituents is 1. The molecule has 0 aliphatic carbocycles. The molecule has 4 aromatic rings. The number of hydrogen-bond acceptors (Lipinski definition) is 8. The van der Waals surface area contributed by atoms with Crippen molar-refractivity contribution < 1.29 is 23.0 Å². The number of nitrogens with one attached hydrogen (secondary N) is 1. The van der Waals surface area contributed by atoms with E-state index in [4.69, 9.17) is 16.1 Å². The molecule has 2 unspecified atom stereocenters. The van der Waals surface area contributed by atoms with Gasteiger partial charge in [-0.25, -0.2) is 14.2 Å². The van der Waals surface area contributed by atoms with Crippen molar-refractivity contribution in [1.29, 1.82) is 0 Å². The van der Waals surface area contributed by atoms with Crippen molar-refractivity contribution in [3.63, 3.8) is 0 Å². The minimum Gasteiger partial charge on any atom is -0.508 e. The third kappa shape index (κ3) is 5.48. The van der Waals surface area contributed by atoms with Gasteiger partial charge in [0.2, 0.25) is 0 Å². The van der Waals surface area contributed by atoms with Crippen LogP contribution in [0.3, 0.4) is 0 Å². The van der Waals surface area contributed by atoms with Crippen LogP contribution in [0, 0.1) is 35.3 Å².